The van der Waals surface area contributed by atoms with E-state index in [1.54, 1.807) is 12.4 Å². The number of rotatable bonds is 5. The highest BCUT2D eigenvalue weighted by atomic mass is 32.1. The zero-order valence-electron chi connectivity index (χ0n) is 14.8. The second kappa shape index (κ2) is 7.32. The molecule has 0 spiro atoms. The van der Waals surface area contributed by atoms with E-state index in [1.165, 1.54) is 11.3 Å². The predicted molar refractivity (Wildman–Crippen MR) is 106 cm³/mol. The molecule has 4 rings (SSSR count). The van der Waals surface area contributed by atoms with Gasteiger partial charge in [0.05, 0.1) is 16.5 Å². The first kappa shape index (κ1) is 17.4. The van der Waals surface area contributed by atoms with Gasteiger partial charge < -0.3 is 15.3 Å². The Hall–Kier alpha value is -3.00. The van der Waals surface area contributed by atoms with Crippen LogP contribution in [-0.4, -0.2) is 39.1 Å². The number of carboxylic acids is 1. The first-order chi connectivity index (χ1) is 13.1. The monoisotopic (exact) mass is 381 g/mol. The van der Waals surface area contributed by atoms with Crippen LogP contribution in [0.15, 0.2) is 42.7 Å². The molecule has 0 aliphatic carbocycles. The molecule has 1 saturated heterocycles. The second-order valence-electron chi connectivity index (χ2n) is 6.53. The predicted octanol–water partition coefficient (Wildman–Crippen LogP) is 3.56. The van der Waals surface area contributed by atoms with Gasteiger partial charge in [0.2, 0.25) is 0 Å². The van der Waals surface area contributed by atoms with E-state index in [0.29, 0.717) is 18.8 Å². The summed E-state index contributed by atoms with van der Waals surface area (Å²) < 4.78 is 0. The lowest BCUT2D eigenvalue weighted by molar-refractivity contribution is -0.140. The Bertz CT molecular complexity index is 974. The highest BCUT2D eigenvalue weighted by Crippen LogP contribution is 2.33. The molecular formula is C19H19N5O2S. The average Bonchev–Trinajstić information content (AvgIpc) is 3.32. The molecule has 138 valence electrons. The summed E-state index contributed by atoms with van der Waals surface area (Å²) in [5.41, 5.74) is 1.95. The van der Waals surface area contributed by atoms with Gasteiger partial charge in [0, 0.05) is 25.5 Å². The van der Waals surface area contributed by atoms with Crippen molar-refractivity contribution >= 4 is 34.1 Å². The molecule has 1 atom stereocenters. The van der Waals surface area contributed by atoms with E-state index < -0.39 is 5.97 Å². The van der Waals surface area contributed by atoms with Crippen molar-refractivity contribution in [3.05, 3.63) is 48.3 Å². The third kappa shape index (κ3) is 3.90. The van der Waals surface area contributed by atoms with E-state index in [2.05, 4.69) is 20.3 Å². The van der Waals surface area contributed by atoms with Crippen LogP contribution < -0.4 is 10.2 Å². The molecule has 2 N–H and O–H groups in total. The van der Waals surface area contributed by atoms with E-state index in [9.17, 15) is 4.79 Å². The van der Waals surface area contributed by atoms with Gasteiger partial charge in [-0.25, -0.2) is 15.0 Å². The van der Waals surface area contributed by atoms with Gasteiger partial charge in [0.15, 0.2) is 5.13 Å². The van der Waals surface area contributed by atoms with Gasteiger partial charge >= 0.3 is 5.97 Å². The van der Waals surface area contributed by atoms with Crippen molar-refractivity contribution in [2.45, 2.75) is 13.3 Å². The van der Waals surface area contributed by atoms with Gasteiger partial charge in [0.1, 0.15) is 11.6 Å². The molecule has 0 saturated carbocycles. The van der Waals surface area contributed by atoms with Crippen LogP contribution in [0.5, 0.6) is 0 Å². The number of aliphatic carboxylic acids is 1. The van der Waals surface area contributed by atoms with Crippen molar-refractivity contribution in [1.82, 2.24) is 15.0 Å². The van der Waals surface area contributed by atoms with Crippen LogP contribution in [0.3, 0.4) is 0 Å². The summed E-state index contributed by atoms with van der Waals surface area (Å²) in [6, 6.07) is 9.69. The van der Waals surface area contributed by atoms with Crippen LogP contribution in [0.1, 0.15) is 12.0 Å². The van der Waals surface area contributed by atoms with Crippen LogP contribution in [0.4, 0.5) is 16.8 Å². The van der Waals surface area contributed by atoms with Gasteiger partial charge in [-0.3, -0.25) is 4.79 Å². The molecule has 4 heterocycles. The highest BCUT2D eigenvalue weighted by Gasteiger charge is 2.29. The maximum atomic E-state index is 11.1. The smallest absolute Gasteiger partial charge is 0.308 e. The Morgan fingerprint density at radius 1 is 1.30 bits per heavy atom. The summed E-state index contributed by atoms with van der Waals surface area (Å²) in [7, 11) is 0. The number of aromatic nitrogens is 3. The average molecular weight is 381 g/mol. The van der Waals surface area contributed by atoms with Crippen molar-refractivity contribution < 1.29 is 9.90 Å². The quantitative estimate of drug-likeness (QED) is 0.698. The third-order valence-electron chi connectivity index (χ3n) is 4.47. The number of aryl methyl sites for hydroxylation is 1. The van der Waals surface area contributed by atoms with Crippen LogP contribution in [-0.2, 0) is 4.79 Å². The number of nitrogens with zero attached hydrogens (tertiary/aromatic N) is 4. The maximum Gasteiger partial charge on any atom is 0.308 e. The van der Waals surface area contributed by atoms with E-state index in [0.717, 1.165) is 33.6 Å². The molecule has 0 radical (unpaired) electrons. The highest BCUT2D eigenvalue weighted by molar-refractivity contribution is 7.18. The van der Waals surface area contributed by atoms with Crippen molar-refractivity contribution in [3.63, 3.8) is 0 Å². The number of pyridine rings is 2. The third-order valence-corrected chi connectivity index (χ3v) is 5.56. The van der Waals surface area contributed by atoms with E-state index in [4.69, 9.17) is 5.11 Å². The van der Waals surface area contributed by atoms with E-state index in [1.807, 2.05) is 42.2 Å². The summed E-state index contributed by atoms with van der Waals surface area (Å²) in [6.45, 7) is 3.25. The largest absolute Gasteiger partial charge is 0.481 e. The molecule has 1 fully saturated rings. The summed E-state index contributed by atoms with van der Waals surface area (Å²) in [6.07, 6.45) is 4.22. The molecular weight excluding hydrogens is 362 g/mol. The fraction of sp³-hybridized carbons (Fsp3) is 0.263. The second-order valence-corrected chi connectivity index (χ2v) is 7.54. The summed E-state index contributed by atoms with van der Waals surface area (Å²) in [5.74, 6) is 0.415. The van der Waals surface area contributed by atoms with Crippen LogP contribution in [0, 0.1) is 12.8 Å². The molecule has 1 aliphatic heterocycles. The number of carboxylic acid groups (broad SMARTS) is 1. The summed E-state index contributed by atoms with van der Waals surface area (Å²) in [5, 5.41) is 13.2. The van der Waals surface area contributed by atoms with Crippen molar-refractivity contribution in [2.24, 2.45) is 5.92 Å². The van der Waals surface area contributed by atoms with Crippen molar-refractivity contribution in [2.75, 3.05) is 23.3 Å². The Labute approximate surface area is 160 Å². The first-order valence-corrected chi connectivity index (χ1v) is 9.51. The normalized spacial score (nSPS) is 16.5. The lowest BCUT2D eigenvalue weighted by atomic mass is 10.1. The lowest BCUT2D eigenvalue weighted by Gasteiger charge is -2.13. The van der Waals surface area contributed by atoms with E-state index >= 15 is 0 Å². The minimum absolute atomic E-state index is 0.315. The molecule has 3 aromatic rings. The Kier molecular flexibility index (Phi) is 4.72. The molecule has 27 heavy (non-hydrogen) atoms. The van der Waals surface area contributed by atoms with Crippen molar-refractivity contribution in [3.8, 4) is 10.6 Å². The number of hydrogen-bond donors (Lipinski definition) is 2. The molecule has 0 aromatic carbocycles. The standard InChI is InChI=1S/C19H19N5O2S/c1-12-5-7-20-17(9-12)23-16-4-2-3-14(22-16)15-10-21-19(27-15)24-8-6-13(11-24)18(25)26/h2-5,7,9-10,13H,6,8,11H2,1H3,(H,25,26)(H,20,22,23). The fourth-order valence-electron chi connectivity index (χ4n) is 3.04. The molecule has 1 aliphatic rings. The lowest BCUT2D eigenvalue weighted by Crippen LogP contribution is -2.22. The first-order valence-electron chi connectivity index (χ1n) is 8.69. The van der Waals surface area contributed by atoms with Gasteiger partial charge in [-0.1, -0.05) is 17.4 Å². The minimum atomic E-state index is -0.737. The van der Waals surface area contributed by atoms with E-state index in [-0.39, 0.29) is 5.92 Å². The molecule has 0 bridgehead atoms. The summed E-state index contributed by atoms with van der Waals surface area (Å²) >= 11 is 1.53. The zero-order chi connectivity index (χ0) is 18.8. The Balaban J connectivity index is 1.51. The zero-order valence-corrected chi connectivity index (χ0v) is 15.6. The molecule has 8 heteroatoms. The van der Waals surface area contributed by atoms with Gasteiger partial charge in [-0.05, 0) is 43.2 Å². The molecule has 0 amide bonds. The molecule has 1 unspecified atom stereocenters. The number of hydrogen-bond acceptors (Lipinski definition) is 7. The minimum Gasteiger partial charge on any atom is -0.481 e. The molecule has 3 aromatic heterocycles. The summed E-state index contributed by atoms with van der Waals surface area (Å²) in [4.78, 5) is 27.6. The van der Waals surface area contributed by atoms with Crippen molar-refractivity contribution in [1.29, 1.82) is 0 Å². The Morgan fingerprint density at radius 2 is 2.19 bits per heavy atom. The van der Waals surface area contributed by atoms with Crippen LogP contribution >= 0.6 is 11.3 Å². The topological polar surface area (TPSA) is 91.2 Å². The number of thiazole rings is 1. The molecule has 7 nitrogen and oxygen atoms in total. The number of carbonyl (C=O) groups is 1. The van der Waals surface area contributed by atoms with Crippen LogP contribution in [0.2, 0.25) is 0 Å². The number of nitrogens with one attached hydrogen (secondary N) is 1. The Morgan fingerprint density at radius 3 is 2.96 bits per heavy atom. The van der Waals surface area contributed by atoms with Gasteiger partial charge in [-0.2, -0.15) is 0 Å². The number of anilines is 3. The maximum absolute atomic E-state index is 11.1. The fourth-order valence-corrected chi connectivity index (χ4v) is 3.96. The van der Waals surface area contributed by atoms with Gasteiger partial charge in [0.25, 0.3) is 0 Å². The van der Waals surface area contributed by atoms with Gasteiger partial charge in [-0.15, -0.1) is 0 Å². The van der Waals surface area contributed by atoms with Crippen LogP contribution in [0.25, 0.3) is 10.6 Å². The SMILES string of the molecule is Cc1ccnc(Nc2cccc(-c3cnc(N4CCC(C(=O)O)C4)s3)n2)c1.